The lowest BCUT2D eigenvalue weighted by molar-refractivity contribution is -0.141. The van der Waals surface area contributed by atoms with Crippen molar-refractivity contribution >= 4 is 17.6 Å². The lowest BCUT2D eigenvalue weighted by Gasteiger charge is -2.12. The van der Waals surface area contributed by atoms with E-state index in [1.807, 2.05) is 0 Å². The van der Waals surface area contributed by atoms with Crippen molar-refractivity contribution in [3.8, 4) is 0 Å². The van der Waals surface area contributed by atoms with Crippen LogP contribution in [0.2, 0.25) is 0 Å². The van der Waals surface area contributed by atoms with Crippen LogP contribution in [0.1, 0.15) is 6.92 Å². The molecule has 0 aromatic rings. The van der Waals surface area contributed by atoms with Crippen molar-refractivity contribution in [3.63, 3.8) is 0 Å². The molecule has 13 heavy (non-hydrogen) atoms. The van der Waals surface area contributed by atoms with Gasteiger partial charge in [-0.25, -0.2) is 0 Å². The Morgan fingerprint density at radius 2 is 2.08 bits per heavy atom. The van der Waals surface area contributed by atoms with Crippen LogP contribution in [0.15, 0.2) is 36.4 Å². The third-order valence-corrected chi connectivity index (χ3v) is 2.04. The highest BCUT2D eigenvalue weighted by molar-refractivity contribution is 6.31. The Morgan fingerprint density at radius 1 is 1.54 bits per heavy atom. The van der Waals surface area contributed by atoms with Gasteiger partial charge in [0.1, 0.15) is 0 Å². The Kier molecular flexibility index (Phi) is 5.16. The zero-order valence-electron chi connectivity index (χ0n) is 7.53. The van der Waals surface area contributed by atoms with Crippen molar-refractivity contribution in [1.29, 1.82) is 0 Å². The van der Waals surface area contributed by atoms with Crippen molar-refractivity contribution in [2.45, 2.75) is 6.92 Å². The molecule has 0 spiro atoms. The Labute approximate surface area is 83.2 Å². The molecule has 0 aliphatic heterocycles. The van der Waals surface area contributed by atoms with E-state index < -0.39 is 11.9 Å². The van der Waals surface area contributed by atoms with Crippen molar-refractivity contribution in [1.82, 2.24) is 0 Å². The van der Waals surface area contributed by atoms with E-state index in [9.17, 15) is 4.79 Å². The predicted molar refractivity (Wildman–Crippen MR) is 54.6 cm³/mol. The van der Waals surface area contributed by atoms with E-state index in [1.54, 1.807) is 13.0 Å². The number of allylic oxidation sites excluding steroid dienone is 3. The van der Waals surface area contributed by atoms with Gasteiger partial charge in [-0.15, -0.1) is 6.58 Å². The summed E-state index contributed by atoms with van der Waals surface area (Å²) in [5.74, 6) is -1.69. The first-order valence-corrected chi connectivity index (χ1v) is 4.25. The summed E-state index contributed by atoms with van der Waals surface area (Å²) in [6, 6.07) is 0. The van der Waals surface area contributed by atoms with Gasteiger partial charge in [-0.3, -0.25) is 4.79 Å². The van der Waals surface area contributed by atoms with Crippen LogP contribution in [-0.4, -0.2) is 11.1 Å². The van der Waals surface area contributed by atoms with Crippen molar-refractivity contribution in [2.24, 2.45) is 11.8 Å². The normalized spacial score (nSPS) is 16.0. The zero-order chi connectivity index (χ0) is 10.4. The number of halogens is 1. The highest BCUT2D eigenvalue weighted by Gasteiger charge is 2.19. The average Bonchev–Trinajstić information content (AvgIpc) is 2.11. The number of carboxylic acids is 1. The van der Waals surface area contributed by atoms with E-state index in [2.05, 4.69) is 13.2 Å². The molecule has 3 heteroatoms. The summed E-state index contributed by atoms with van der Waals surface area (Å²) in [7, 11) is 0. The summed E-state index contributed by atoms with van der Waals surface area (Å²) in [6.45, 7) is 8.75. The summed E-state index contributed by atoms with van der Waals surface area (Å²) in [5, 5.41) is 9.18. The Bertz CT molecular complexity index is 243. The zero-order valence-corrected chi connectivity index (χ0v) is 8.29. The quantitative estimate of drug-likeness (QED) is 0.548. The fourth-order valence-electron chi connectivity index (χ4n) is 0.834. The molecule has 0 aromatic carbocycles. The molecule has 0 aromatic heterocycles. The van der Waals surface area contributed by atoms with Gasteiger partial charge in [-0.05, 0) is 5.92 Å². The van der Waals surface area contributed by atoms with E-state index in [0.717, 1.165) is 0 Å². The van der Waals surface area contributed by atoms with Gasteiger partial charge in [0, 0.05) is 5.03 Å². The highest BCUT2D eigenvalue weighted by Crippen LogP contribution is 2.18. The lowest BCUT2D eigenvalue weighted by Crippen LogP contribution is -2.18. The third-order valence-electron chi connectivity index (χ3n) is 1.76. The first-order valence-electron chi connectivity index (χ1n) is 3.88. The molecule has 2 atom stereocenters. The van der Waals surface area contributed by atoms with Crippen LogP contribution in [0, 0.1) is 11.8 Å². The number of rotatable bonds is 5. The molecule has 0 aliphatic rings. The molecule has 0 saturated heterocycles. The molecule has 0 fully saturated rings. The van der Waals surface area contributed by atoms with E-state index in [0.29, 0.717) is 5.03 Å². The van der Waals surface area contributed by atoms with Gasteiger partial charge < -0.3 is 5.11 Å². The molecule has 0 amide bonds. The van der Waals surface area contributed by atoms with Gasteiger partial charge >= 0.3 is 5.97 Å². The Hall–Kier alpha value is -1.02. The molecule has 72 valence electrons. The summed E-state index contributed by atoms with van der Waals surface area (Å²) in [6.07, 6.45) is 4.46. The van der Waals surface area contributed by atoms with Gasteiger partial charge in [0.05, 0.1) is 5.92 Å². The average molecular weight is 201 g/mol. The minimum atomic E-state index is -0.910. The largest absolute Gasteiger partial charge is 0.481 e. The van der Waals surface area contributed by atoms with E-state index in [-0.39, 0.29) is 5.92 Å². The van der Waals surface area contributed by atoms with Gasteiger partial charge in [-0.1, -0.05) is 43.3 Å². The summed E-state index contributed by atoms with van der Waals surface area (Å²) in [5.41, 5.74) is 0. The topological polar surface area (TPSA) is 37.3 Å². The maximum atomic E-state index is 10.8. The first-order chi connectivity index (χ1) is 6.02. The number of carbonyl (C=O) groups is 1. The van der Waals surface area contributed by atoms with Gasteiger partial charge in [0.2, 0.25) is 0 Å². The molecule has 0 rings (SSSR count). The standard InChI is InChI=1S/C10H13ClO2/c1-4-7(3)9(10(12)13)6-8(11)5-2/h4-7,9H,1-2H2,3H3,(H,12,13). The first kappa shape index (κ1) is 12.0. The number of carboxylic acid groups (broad SMARTS) is 1. The molecule has 2 nitrogen and oxygen atoms in total. The SMILES string of the molecule is C=CC(Cl)=CC(C(=O)O)C(C)C=C. The molecule has 0 saturated carbocycles. The fraction of sp³-hybridized carbons (Fsp3) is 0.300. The second kappa shape index (κ2) is 5.60. The van der Waals surface area contributed by atoms with Crippen molar-refractivity contribution < 1.29 is 9.90 Å². The molecular weight excluding hydrogens is 188 g/mol. The van der Waals surface area contributed by atoms with Crippen LogP contribution in [0.5, 0.6) is 0 Å². The summed E-state index contributed by atoms with van der Waals surface area (Å²) in [4.78, 5) is 10.8. The second-order valence-corrected chi connectivity index (χ2v) is 3.15. The van der Waals surface area contributed by atoms with Gasteiger partial charge in [-0.2, -0.15) is 0 Å². The van der Waals surface area contributed by atoms with Crippen LogP contribution in [0.4, 0.5) is 0 Å². The third kappa shape index (κ3) is 3.95. The maximum Gasteiger partial charge on any atom is 0.311 e. The van der Waals surface area contributed by atoms with Gasteiger partial charge in [0.25, 0.3) is 0 Å². The second-order valence-electron chi connectivity index (χ2n) is 2.71. The molecule has 0 radical (unpaired) electrons. The summed E-state index contributed by atoms with van der Waals surface area (Å²) >= 11 is 5.65. The summed E-state index contributed by atoms with van der Waals surface area (Å²) < 4.78 is 0. The highest BCUT2D eigenvalue weighted by atomic mass is 35.5. The number of hydrogen-bond donors (Lipinski definition) is 1. The Balaban J connectivity index is 4.71. The molecule has 0 aliphatic carbocycles. The minimum Gasteiger partial charge on any atom is -0.481 e. The lowest BCUT2D eigenvalue weighted by atomic mass is 9.94. The molecule has 0 bridgehead atoms. The van der Waals surface area contributed by atoms with Crippen LogP contribution in [-0.2, 0) is 4.79 Å². The van der Waals surface area contributed by atoms with Crippen LogP contribution in [0.3, 0.4) is 0 Å². The van der Waals surface area contributed by atoms with E-state index in [4.69, 9.17) is 16.7 Å². The van der Waals surface area contributed by atoms with E-state index in [1.165, 1.54) is 12.2 Å². The Morgan fingerprint density at radius 3 is 2.38 bits per heavy atom. The van der Waals surface area contributed by atoms with Gasteiger partial charge in [0.15, 0.2) is 0 Å². The number of hydrogen-bond acceptors (Lipinski definition) is 1. The van der Waals surface area contributed by atoms with Crippen molar-refractivity contribution in [2.75, 3.05) is 0 Å². The monoisotopic (exact) mass is 200 g/mol. The maximum absolute atomic E-state index is 10.8. The molecule has 2 unspecified atom stereocenters. The molecule has 0 heterocycles. The number of aliphatic carboxylic acids is 1. The van der Waals surface area contributed by atoms with E-state index >= 15 is 0 Å². The predicted octanol–water partition coefficient (Wildman–Crippen LogP) is 2.82. The molecular formula is C10H13ClO2. The van der Waals surface area contributed by atoms with Crippen LogP contribution < -0.4 is 0 Å². The smallest absolute Gasteiger partial charge is 0.311 e. The molecule has 1 N–H and O–H groups in total. The van der Waals surface area contributed by atoms with Crippen LogP contribution >= 0.6 is 11.6 Å². The van der Waals surface area contributed by atoms with Crippen molar-refractivity contribution in [3.05, 3.63) is 36.4 Å². The minimum absolute atomic E-state index is 0.147. The van der Waals surface area contributed by atoms with Crippen LogP contribution in [0.25, 0.3) is 0 Å². The fourth-order valence-corrected chi connectivity index (χ4v) is 0.970.